The van der Waals surface area contributed by atoms with Crippen LogP contribution in [-0.2, 0) is 64.3 Å². The van der Waals surface area contributed by atoms with Crippen LogP contribution in [0.1, 0.15) is 124 Å². The van der Waals surface area contributed by atoms with Crippen molar-refractivity contribution in [3.8, 4) is 5.75 Å². The van der Waals surface area contributed by atoms with Crippen LogP contribution in [0.3, 0.4) is 0 Å². The molecule has 0 aliphatic carbocycles. The zero-order valence-electron chi connectivity index (χ0n) is 50.9. The second kappa shape index (κ2) is 41.4. The van der Waals surface area contributed by atoms with Crippen molar-refractivity contribution < 1.29 is 72.7 Å². The van der Waals surface area contributed by atoms with E-state index >= 15 is 0 Å². The summed E-state index contributed by atoms with van der Waals surface area (Å²) in [7, 11) is 3.10. The van der Waals surface area contributed by atoms with Gasteiger partial charge in [-0.15, -0.1) is 5.10 Å². The van der Waals surface area contributed by atoms with Gasteiger partial charge in [0.25, 0.3) is 5.91 Å². The Morgan fingerprint density at radius 2 is 1.45 bits per heavy atom. The van der Waals surface area contributed by atoms with Crippen LogP contribution < -0.4 is 47.3 Å². The zero-order valence-corrected chi connectivity index (χ0v) is 52.6. The van der Waals surface area contributed by atoms with Gasteiger partial charge in [-0.25, -0.2) is 19.2 Å². The number of carbonyl (C=O) groups is 10. The van der Waals surface area contributed by atoms with Crippen LogP contribution in [0.2, 0.25) is 0 Å². The summed E-state index contributed by atoms with van der Waals surface area (Å²) in [5.41, 5.74) is 3.05. The lowest BCUT2D eigenvalue weighted by Crippen LogP contribution is -2.55. The van der Waals surface area contributed by atoms with E-state index in [-0.39, 0.29) is 63.2 Å². The number of hydrogen-bond donors (Lipinski definition) is 11. The highest BCUT2D eigenvalue weighted by molar-refractivity contribution is 8.76. The summed E-state index contributed by atoms with van der Waals surface area (Å²) in [6, 6.07) is 16.1. The maximum absolute atomic E-state index is 14.0. The summed E-state index contributed by atoms with van der Waals surface area (Å²) in [6.45, 7) is 3.52. The van der Waals surface area contributed by atoms with Crippen LogP contribution in [0, 0.1) is 0 Å². The highest BCUT2D eigenvalue weighted by Crippen LogP contribution is 2.22. The lowest BCUT2D eigenvalue weighted by atomic mass is 10.0. The number of anilines is 1. The highest BCUT2D eigenvalue weighted by Gasteiger charge is 2.28. The highest BCUT2D eigenvalue weighted by atomic mass is 33.1. The molecular formula is C63H83N11O15S2. The second-order valence-corrected chi connectivity index (χ2v) is 24.0. The summed E-state index contributed by atoms with van der Waals surface area (Å²) >= 11 is 0. The van der Waals surface area contributed by atoms with E-state index in [1.54, 1.807) is 88.4 Å². The number of carbonyl (C=O) groups excluding carboxylic acids is 7. The first-order valence-electron chi connectivity index (χ1n) is 30.4. The van der Waals surface area contributed by atoms with Crippen LogP contribution in [0.4, 0.5) is 15.3 Å². The largest absolute Gasteiger partial charge is 0.487 e. The molecule has 0 saturated carbocycles. The van der Waals surface area contributed by atoms with E-state index in [0.29, 0.717) is 73.0 Å². The number of unbranched alkanes of at least 4 members (excludes halogenated alkanes) is 7. The topological polar surface area (TPSA) is 377 Å². The number of carboxylic acid groups (broad SMARTS) is 3. The molecule has 492 valence electrons. The standard InChI is InChI=1S/C63H83N11O15S2/c1-2-3-4-5-6-7-11-20-55(76)68-53(40-43-16-9-8-10-17-43)59(81)69-50-18-12-14-33-64-54(75)31-27-47(66-58(50)80)39-44-21-25-46(26-22-44)67-63(87)88-36-38-91-90-37-35-74-41-48(72-73-74)42-89-49-28-23-45(24-29-49)57(79)65-34-15-13-19-51(60(82)83)70-62(86)71-52(61(84)85)30-32-56(77)78/h8-10,12,16-18,21-29,31,41,47,50-53H,2-7,11,13-15,19-20,30,32-40,42H2,1H3,(H,64,75)(H,65,79)(H,66,80)(H,67,87)(H,68,76)(H,69,81)(H,77,78)(H,82,83)(H,84,85)(H2,70,71,86)/b18-12+,31-27+/t47-,50+,51-,52-,53+/m1/s1. The van der Waals surface area contributed by atoms with Gasteiger partial charge in [-0.05, 0) is 92.5 Å². The summed E-state index contributed by atoms with van der Waals surface area (Å²) in [4.78, 5) is 125. The number of hydrogen-bond acceptors (Lipinski definition) is 16. The number of benzene rings is 3. The van der Waals surface area contributed by atoms with E-state index < -0.39 is 78.5 Å². The number of carboxylic acids is 3. The fraction of sp³-hybridized carbons (Fsp3) is 0.460. The summed E-state index contributed by atoms with van der Waals surface area (Å²) in [5, 5.41) is 57.2. The third-order valence-electron chi connectivity index (χ3n) is 14.0. The van der Waals surface area contributed by atoms with Crippen molar-refractivity contribution in [3.63, 3.8) is 0 Å². The van der Waals surface area contributed by atoms with Crippen molar-refractivity contribution in [2.24, 2.45) is 0 Å². The third-order valence-corrected chi connectivity index (χ3v) is 16.3. The zero-order chi connectivity index (χ0) is 65.6. The van der Waals surface area contributed by atoms with Gasteiger partial charge in [0.1, 0.15) is 48.8 Å². The minimum atomic E-state index is -1.52. The normalized spacial score (nSPS) is 15.7. The van der Waals surface area contributed by atoms with E-state index in [1.165, 1.54) is 29.7 Å². The predicted molar refractivity (Wildman–Crippen MR) is 343 cm³/mol. The molecule has 1 aliphatic rings. The van der Waals surface area contributed by atoms with Gasteiger partial charge in [-0.1, -0.05) is 133 Å². The van der Waals surface area contributed by atoms with E-state index in [4.69, 9.17) is 14.6 Å². The molecule has 8 amide bonds. The number of urea groups is 1. The smallest absolute Gasteiger partial charge is 0.411 e. The van der Waals surface area contributed by atoms with Crippen molar-refractivity contribution in [2.45, 2.75) is 153 Å². The monoisotopic (exact) mass is 1300 g/mol. The molecule has 2 heterocycles. The third kappa shape index (κ3) is 30.0. The number of aryl methyl sites for hydroxylation is 1. The second-order valence-electron chi connectivity index (χ2n) is 21.3. The molecule has 1 aromatic heterocycles. The SMILES string of the molecule is CCCCCCCCCC(=O)N[C@@H](Cc1ccccc1)C(=O)N[C@H]1/C=C/CCNC(=O)/C=C/[C@H](Cc2ccc(NC(=O)OCCSSCCn3cc(COc4ccc(C(=O)NCCCC[C@@H](NC(=O)N[C@H](CCC(=O)O)C(=O)O)C(=O)O)cc4)nn3)cc2)NC1=O. The summed E-state index contributed by atoms with van der Waals surface area (Å²) in [6.07, 6.45) is 15.7. The van der Waals surface area contributed by atoms with Gasteiger partial charge in [-0.2, -0.15) is 0 Å². The Morgan fingerprint density at radius 3 is 2.16 bits per heavy atom. The van der Waals surface area contributed by atoms with Gasteiger partial charge < -0.3 is 62.0 Å². The predicted octanol–water partition coefficient (Wildman–Crippen LogP) is 6.47. The Bertz CT molecular complexity index is 3040. The molecule has 0 fully saturated rings. The van der Waals surface area contributed by atoms with Crippen molar-refractivity contribution in [1.82, 2.24) is 52.2 Å². The molecule has 0 unspecified atom stereocenters. The molecule has 11 N–H and O–H groups in total. The fourth-order valence-electron chi connectivity index (χ4n) is 9.08. The van der Waals surface area contributed by atoms with Crippen LogP contribution in [0.15, 0.2) is 109 Å². The van der Waals surface area contributed by atoms with Crippen molar-refractivity contribution >= 4 is 86.8 Å². The van der Waals surface area contributed by atoms with Crippen LogP contribution >= 0.6 is 21.6 Å². The molecule has 91 heavy (non-hydrogen) atoms. The molecule has 1 aliphatic heterocycles. The van der Waals surface area contributed by atoms with Gasteiger partial charge in [0.15, 0.2) is 0 Å². The van der Waals surface area contributed by atoms with Gasteiger partial charge in [0.05, 0.1) is 18.8 Å². The number of nitrogens with one attached hydrogen (secondary N) is 8. The Kier molecular flexibility index (Phi) is 33.1. The van der Waals surface area contributed by atoms with Crippen LogP contribution in [0.5, 0.6) is 5.75 Å². The molecule has 28 heteroatoms. The molecule has 26 nitrogen and oxygen atoms in total. The Hall–Kier alpha value is -8.92. The minimum absolute atomic E-state index is 0.0130. The van der Waals surface area contributed by atoms with Crippen molar-refractivity contribution in [1.29, 1.82) is 0 Å². The fourth-order valence-corrected chi connectivity index (χ4v) is 10.9. The van der Waals surface area contributed by atoms with Crippen LogP contribution in [-0.4, -0.2) is 151 Å². The van der Waals surface area contributed by atoms with Gasteiger partial charge in [0, 0.05) is 61.2 Å². The van der Waals surface area contributed by atoms with Crippen molar-refractivity contribution in [3.05, 3.63) is 132 Å². The van der Waals surface area contributed by atoms with Crippen molar-refractivity contribution in [2.75, 3.05) is 36.5 Å². The molecule has 3 aromatic carbocycles. The summed E-state index contributed by atoms with van der Waals surface area (Å²) < 4.78 is 12.9. The molecule has 5 rings (SSSR count). The van der Waals surface area contributed by atoms with E-state index in [2.05, 4.69) is 59.8 Å². The summed E-state index contributed by atoms with van der Waals surface area (Å²) in [5.74, 6) is -4.29. The van der Waals surface area contributed by atoms with Gasteiger partial charge in [0.2, 0.25) is 23.6 Å². The molecule has 5 atom stereocenters. The number of nitrogens with zero attached hydrogens (tertiary/aromatic N) is 3. The van der Waals surface area contributed by atoms with E-state index in [1.807, 2.05) is 30.3 Å². The molecule has 0 bridgehead atoms. The quantitative estimate of drug-likeness (QED) is 0.0129. The first-order valence-corrected chi connectivity index (χ1v) is 32.9. The van der Waals surface area contributed by atoms with E-state index in [9.17, 15) is 58.2 Å². The lowest BCUT2D eigenvalue weighted by Gasteiger charge is -2.24. The maximum atomic E-state index is 14.0. The van der Waals surface area contributed by atoms with Crippen LogP contribution in [0.25, 0.3) is 0 Å². The molecular weight excluding hydrogens is 1210 g/mol. The van der Waals surface area contributed by atoms with Gasteiger partial charge in [-0.3, -0.25) is 38.8 Å². The average Bonchev–Trinajstić information content (AvgIpc) is 3.35. The Balaban J connectivity index is 0.967. The maximum Gasteiger partial charge on any atom is 0.411 e. The Morgan fingerprint density at radius 1 is 0.747 bits per heavy atom. The molecule has 0 radical (unpaired) electrons. The minimum Gasteiger partial charge on any atom is -0.487 e. The van der Waals surface area contributed by atoms with E-state index in [0.717, 1.165) is 43.2 Å². The lowest BCUT2D eigenvalue weighted by molar-refractivity contribution is -0.141. The number of aromatic nitrogens is 3. The molecule has 0 saturated heterocycles. The number of rotatable bonds is 39. The number of amides is 8. The van der Waals surface area contributed by atoms with Gasteiger partial charge >= 0.3 is 30.0 Å². The average molecular weight is 1300 g/mol. The molecule has 0 spiro atoms. The number of ether oxygens (including phenoxy) is 2. The molecule has 4 aromatic rings. The number of aliphatic carboxylic acids is 3. The first-order chi connectivity index (χ1) is 43.9. The first kappa shape index (κ1) is 72.8. The Labute approximate surface area is 536 Å².